The second kappa shape index (κ2) is 10.2. The van der Waals surface area contributed by atoms with Gasteiger partial charge in [0.1, 0.15) is 6.04 Å². The number of anilines is 1. The van der Waals surface area contributed by atoms with E-state index in [-0.39, 0.29) is 4.90 Å². The molecule has 0 fully saturated rings. The van der Waals surface area contributed by atoms with Crippen LogP contribution >= 0.6 is 15.9 Å². The average Bonchev–Trinajstić information content (AvgIpc) is 2.69. The van der Waals surface area contributed by atoms with Crippen LogP contribution in [0.3, 0.4) is 0 Å². The lowest BCUT2D eigenvalue weighted by molar-refractivity contribution is -0.155. The number of aliphatic hydroxyl groups excluding tert-OH is 1. The number of hydrogen-bond acceptors (Lipinski definition) is 6. The first-order valence-corrected chi connectivity index (χ1v) is 11.3. The molecule has 2 atom stereocenters. The Bertz CT molecular complexity index is 1020. The molecule has 10 heteroatoms. The molecule has 3 N–H and O–H groups in total. The van der Waals surface area contributed by atoms with Gasteiger partial charge < -0.3 is 15.2 Å². The van der Waals surface area contributed by atoms with E-state index >= 15 is 0 Å². The molecule has 2 aromatic carbocycles. The molecule has 0 spiro atoms. The zero-order valence-electron chi connectivity index (χ0n) is 16.7. The third kappa shape index (κ3) is 6.36. The number of sulfonamides is 1. The monoisotopic (exact) mass is 498 g/mol. The van der Waals surface area contributed by atoms with E-state index in [1.54, 1.807) is 6.07 Å². The highest BCUT2D eigenvalue weighted by molar-refractivity contribution is 9.10. The summed E-state index contributed by atoms with van der Waals surface area (Å²) in [6, 6.07) is 9.71. The molecule has 30 heavy (non-hydrogen) atoms. The van der Waals surface area contributed by atoms with Gasteiger partial charge in [0.05, 0.1) is 11.5 Å². The molecule has 0 heterocycles. The summed E-state index contributed by atoms with van der Waals surface area (Å²) in [7, 11) is -4.08. The van der Waals surface area contributed by atoms with Gasteiger partial charge in [-0.15, -0.1) is 0 Å². The van der Waals surface area contributed by atoms with Crippen molar-refractivity contribution in [3.05, 3.63) is 58.1 Å². The van der Waals surface area contributed by atoms with Crippen molar-refractivity contribution in [3.63, 3.8) is 0 Å². The highest BCUT2D eigenvalue weighted by Gasteiger charge is 2.29. The van der Waals surface area contributed by atoms with Gasteiger partial charge in [-0.3, -0.25) is 9.59 Å². The number of aryl methyl sites for hydroxylation is 2. The minimum atomic E-state index is -4.08. The average molecular weight is 499 g/mol. The van der Waals surface area contributed by atoms with Crippen LogP contribution in [0.15, 0.2) is 51.8 Å². The van der Waals surface area contributed by atoms with Crippen molar-refractivity contribution >= 4 is 43.5 Å². The molecule has 0 bridgehead atoms. The molecule has 2 rings (SSSR count). The Morgan fingerprint density at radius 1 is 1.13 bits per heavy atom. The van der Waals surface area contributed by atoms with Gasteiger partial charge in [0, 0.05) is 10.2 Å². The van der Waals surface area contributed by atoms with Crippen LogP contribution in [0.4, 0.5) is 5.69 Å². The van der Waals surface area contributed by atoms with Gasteiger partial charge in [-0.2, -0.15) is 4.72 Å². The molecule has 0 saturated heterocycles. The smallest absolute Gasteiger partial charge is 0.327 e. The largest absolute Gasteiger partial charge is 0.451 e. The summed E-state index contributed by atoms with van der Waals surface area (Å²) >= 11 is 3.21. The maximum absolute atomic E-state index is 12.4. The van der Waals surface area contributed by atoms with Crippen molar-refractivity contribution in [2.75, 3.05) is 11.9 Å². The van der Waals surface area contributed by atoms with Crippen molar-refractivity contribution in [1.82, 2.24) is 4.72 Å². The Balaban J connectivity index is 2.03. The van der Waals surface area contributed by atoms with Gasteiger partial charge in [0.2, 0.25) is 10.0 Å². The number of hydrogen-bond donors (Lipinski definition) is 3. The van der Waals surface area contributed by atoms with E-state index in [9.17, 15) is 23.1 Å². The first-order valence-electron chi connectivity index (χ1n) is 9.01. The van der Waals surface area contributed by atoms with E-state index in [1.807, 2.05) is 26.0 Å². The molecule has 0 aliphatic carbocycles. The van der Waals surface area contributed by atoms with Crippen molar-refractivity contribution in [1.29, 1.82) is 0 Å². The summed E-state index contributed by atoms with van der Waals surface area (Å²) in [4.78, 5) is 24.6. The minimum Gasteiger partial charge on any atom is -0.451 e. The summed E-state index contributed by atoms with van der Waals surface area (Å²) in [5.74, 6) is -1.65. The molecule has 0 saturated carbocycles. The van der Waals surface area contributed by atoms with Crippen molar-refractivity contribution in [2.24, 2.45) is 0 Å². The molecule has 162 valence electrons. The quantitative estimate of drug-likeness (QED) is 0.480. The summed E-state index contributed by atoms with van der Waals surface area (Å²) in [6.07, 6.45) is -1.20. The molecular weight excluding hydrogens is 476 g/mol. The number of amides is 1. The molecule has 1 amide bonds. The first-order chi connectivity index (χ1) is 14.0. The van der Waals surface area contributed by atoms with Crippen molar-refractivity contribution in [3.8, 4) is 0 Å². The summed E-state index contributed by atoms with van der Waals surface area (Å²) < 4.78 is 32.7. The summed E-state index contributed by atoms with van der Waals surface area (Å²) in [5.41, 5.74) is 2.36. The fourth-order valence-electron chi connectivity index (χ4n) is 2.44. The van der Waals surface area contributed by atoms with E-state index in [2.05, 4.69) is 26.0 Å². The highest BCUT2D eigenvalue weighted by atomic mass is 79.9. The van der Waals surface area contributed by atoms with Crippen LogP contribution in [-0.4, -0.2) is 44.2 Å². The number of ether oxygens (including phenoxy) is 1. The maximum atomic E-state index is 12.4. The zero-order chi connectivity index (χ0) is 22.5. The Kier molecular flexibility index (Phi) is 8.13. The lowest BCUT2D eigenvalue weighted by atomic mass is 10.1. The van der Waals surface area contributed by atoms with Crippen LogP contribution in [0, 0.1) is 13.8 Å². The first kappa shape index (κ1) is 24.0. The van der Waals surface area contributed by atoms with Gasteiger partial charge in [-0.05, 0) is 62.2 Å². The maximum Gasteiger partial charge on any atom is 0.327 e. The Morgan fingerprint density at radius 3 is 2.37 bits per heavy atom. The van der Waals surface area contributed by atoms with Crippen LogP contribution in [0.5, 0.6) is 0 Å². The number of aliphatic hydroxyl groups is 1. The van der Waals surface area contributed by atoms with Crippen LogP contribution in [0.25, 0.3) is 0 Å². The van der Waals surface area contributed by atoms with E-state index in [0.717, 1.165) is 11.1 Å². The molecule has 0 radical (unpaired) electrons. The number of carbonyl (C=O) groups excluding carboxylic acids is 2. The SMILES string of the molecule is Cc1ccc(C)c(NC(=O)C(C)OC(=O)C(CO)NS(=O)(=O)c2ccc(Br)cc2)c1. The van der Waals surface area contributed by atoms with E-state index < -0.39 is 40.7 Å². The predicted molar refractivity (Wildman–Crippen MR) is 115 cm³/mol. The normalized spacial score (nSPS) is 13.4. The molecule has 0 aromatic heterocycles. The van der Waals surface area contributed by atoms with Gasteiger partial charge in [-0.25, -0.2) is 8.42 Å². The van der Waals surface area contributed by atoms with Crippen molar-refractivity contribution < 1.29 is 27.9 Å². The second-order valence-corrected chi connectivity index (χ2v) is 9.33. The lowest BCUT2D eigenvalue weighted by Crippen LogP contribution is -2.46. The molecule has 0 aliphatic rings. The number of halogens is 1. The number of carbonyl (C=O) groups is 2. The van der Waals surface area contributed by atoms with E-state index in [4.69, 9.17) is 4.74 Å². The van der Waals surface area contributed by atoms with Gasteiger partial charge in [0.25, 0.3) is 5.91 Å². The second-order valence-electron chi connectivity index (χ2n) is 6.70. The summed E-state index contributed by atoms with van der Waals surface area (Å²) in [6.45, 7) is 4.22. The predicted octanol–water partition coefficient (Wildman–Crippen LogP) is 2.28. The number of rotatable bonds is 8. The third-order valence-electron chi connectivity index (χ3n) is 4.20. The topological polar surface area (TPSA) is 122 Å². The highest BCUT2D eigenvalue weighted by Crippen LogP contribution is 2.17. The number of nitrogens with one attached hydrogen (secondary N) is 2. The van der Waals surface area contributed by atoms with Gasteiger partial charge >= 0.3 is 5.97 Å². The van der Waals surface area contributed by atoms with Crippen LogP contribution < -0.4 is 10.0 Å². The molecule has 8 nitrogen and oxygen atoms in total. The Hall–Kier alpha value is -2.27. The molecule has 0 aliphatic heterocycles. The third-order valence-corrected chi connectivity index (χ3v) is 6.22. The van der Waals surface area contributed by atoms with Crippen LogP contribution in [-0.2, 0) is 24.3 Å². The van der Waals surface area contributed by atoms with Gasteiger partial charge in [0.15, 0.2) is 6.10 Å². The van der Waals surface area contributed by atoms with Crippen molar-refractivity contribution in [2.45, 2.75) is 37.8 Å². The van der Waals surface area contributed by atoms with Crippen LogP contribution in [0.1, 0.15) is 18.1 Å². The summed E-state index contributed by atoms with van der Waals surface area (Å²) in [5, 5.41) is 12.1. The number of esters is 1. The zero-order valence-corrected chi connectivity index (χ0v) is 19.1. The molecule has 2 unspecified atom stereocenters. The fraction of sp³-hybridized carbons (Fsp3) is 0.300. The Labute approximate surface area is 183 Å². The van der Waals surface area contributed by atoms with E-state index in [1.165, 1.54) is 31.2 Å². The standard InChI is InChI=1S/C20H23BrN2O6S/c1-12-4-5-13(2)17(10-12)22-19(25)14(3)29-20(26)18(11-24)23-30(27,28)16-8-6-15(21)7-9-16/h4-10,14,18,23-24H,11H2,1-3H3,(H,22,25). The molecule has 2 aromatic rings. The molecular formula is C20H23BrN2O6S. The van der Waals surface area contributed by atoms with Gasteiger partial charge in [-0.1, -0.05) is 28.1 Å². The fourth-order valence-corrected chi connectivity index (χ4v) is 3.88. The minimum absolute atomic E-state index is 0.0855. The lowest BCUT2D eigenvalue weighted by Gasteiger charge is -2.19. The van der Waals surface area contributed by atoms with Crippen LogP contribution in [0.2, 0.25) is 0 Å². The number of benzene rings is 2. The van der Waals surface area contributed by atoms with E-state index in [0.29, 0.717) is 10.2 Å². The Morgan fingerprint density at radius 2 is 1.77 bits per heavy atom.